The fourth-order valence-corrected chi connectivity index (χ4v) is 3.09. The second kappa shape index (κ2) is 6.50. The van der Waals surface area contributed by atoms with Gasteiger partial charge in [-0.3, -0.25) is 0 Å². The highest BCUT2D eigenvalue weighted by molar-refractivity contribution is 5.85. The number of piperidine rings is 1. The van der Waals surface area contributed by atoms with Crippen molar-refractivity contribution in [3.8, 4) is 5.75 Å². The van der Waals surface area contributed by atoms with Gasteiger partial charge in [-0.2, -0.15) is 0 Å². The molecule has 0 bridgehead atoms. The van der Waals surface area contributed by atoms with E-state index in [0.29, 0.717) is 5.92 Å². The third-order valence-electron chi connectivity index (χ3n) is 4.31. The van der Waals surface area contributed by atoms with Crippen LogP contribution in [0.1, 0.15) is 37.9 Å². The maximum Gasteiger partial charge on any atom is 0.120 e. The maximum absolute atomic E-state index is 10.7. The molecule has 0 spiro atoms. The molecule has 114 valence electrons. The largest absolute Gasteiger partial charge is 0.494 e. The molecule has 1 fully saturated rings. The van der Waals surface area contributed by atoms with E-state index < -0.39 is 6.10 Å². The van der Waals surface area contributed by atoms with Gasteiger partial charge in [0.15, 0.2) is 0 Å². The predicted octanol–water partition coefficient (Wildman–Crippen LogP) is 2.99. The van der Waals surface area contributed by atoms with Crippen molar-refractivity contribution in [1.82, 2.24) is 10.3 Å². The molecule has 21 heavy (non-hydrogen) atoms. The second-order valence-electron chi connectivity index (χ2n) is 5.83. The van der Waals surface area contributed by atoms with Crippen LogP contribution >= 0.6 is 0 Å². The average molecular weight is 288 g/mol. The fourth-order valence-electron chi connectivity index (χ4n) is 3.09. The topological polar surface area (TPSA) is 57.3 Å². The van der Waals surface area contributed by atoms with Crippen molar-refractivity contribution in [2.75, 3.05) is 19.7 Å². The van der Waals surface area contributed by atoms with Crippen molar-refractivity contribution < 1.29 is 9.84 Å². The van der Waals surface area contributed by atoms with Crippen LogP contribution < -0.4 is 10.1 Å². The highest BCUT2D eigenvalue weighted by Gasteiger charge is 2.25. The van der Waals surface area contributed by atoms with E-state index in [2.05, 4.69) is 17.2 Å². The van der Waals surface area contributed by atoms with Crippen LogP contribution in [0.15, 0.2) is 24.4 Å². The lowest BCUT2D eigenvalue weighted by Gasteiger charge is -2.27. The molecular formula is C17H24N2O2. The van der Waals surface area contributed by atoms with E-state index >= 15 is 0 Å². The van der Waals surface area contributed by atoms with Crippen molar-refractivity contribution in [3.63, 3.8) is 0 Å². The highest BCUT2D eigenvalue weighted by atomic mass is 16.5. The first-order valence-corrected chi connectivity index (χ1v) is 7.92. The molecule has 1 aromatic heterocycles. The van der Waals surface area contributed by atoms with Crippen molar-refractivity contribution in [1.29, 1.82) is 0 Å². The number of hydrogen-bond acceptors (Lipinski definition) is 3. The van der Waals surface area contributed by atoms with Gasteiger partial charge in [0, 0.05) is 22.7 Å². The highest BCUT2D eigenvalue weighted by Crippen LogP contribution is 2.34. The Kier molecular flexibility index (Phi) is 4.46. The predicted molar refractivity (Wildman–Crippen MR) is 84.6 cm³/mol. The Balaban J connectivity index is 1.86. The quantitative estimate of drug-likeness (QED) is 0.792. The summed E-state index contributed by atoms with van der Waals surface area (Å²) in [6.45, 7) is 4.81. The molecule has 0 amide bonds. The first-order chi connectivity index (χ1) is 10.3. The molecule has 1 saturated heterocycles. The molecule has 1 aliphatic rings. The van der Waals surface area contributed by atoms with E-state index in [1.54, 1.807) is 0 Å². The summed E-state index contributed by atoms with van der Waals surface area (Å²) >= 11 is 0. The SMILES string of the molecule is CCCOc1ccc2[nH]cc(C(O)C3CCNCC3)c2c1. The molecule has 1 aliphatic heterocycles. The Morgan fingerprint density at radius 3 is 2.90 bits per heavy atom. The fraction of sp³-hybridized carbons (Fsp3) is 0.529. The maximum atomic E-state index is 10.7. The van der Waals surface area contributed by atoms with Gasteiger partial charge in [0.25, 0.3) is 0 Å². The number of H-pyrrole nitrogens is 1. The summed E-state index contributed by atoms with van der Waals surface area (Å²) in [4.78, 5) is 3.26. The van der Waals surface area contributed by atoms with Crippen LogP contribution in [0, 0.1) is 5.92 Å². The Morgan fingerprint density at radius 2 is 2.14 bits per heavy atom. The first-order valence-electron chi connectivity index (χ1n) is 7.92. The van der Waals surface area contributed by atoms with E-state index in [-0.39, 0.29) is 0 Å². The smallest absolute Gasteiger partial charge is 0.120 e. The van der Waals surface area contributed by atoms with Crippen LogP contribution in [-0.4, -0.2) is 29.8 Å². The minimum Gasteiger partial charge on any atom is -0.494 e. The molecule has 4 nitrogen and oxygen atoms in total. The monoisotopic (exact) mass is 288 g/mol. The number of nitrogens with one attached hydrogen (secondary N) is 2. The summed E-state index contributed by atoms with van der Waals surface area (Å²) in [5.41, 5.74) is 2.06. The Morgan fingerprint density at radius 1 is 1.33 bits per heavy atom. The average Bonchev–Trinajstić information content (AvgIpc) is 2.96. The summed E-state index contributed by atoms with van der Waals surface area (Å²) in [7, 11) is 0. The molecule has 0 saturated carbocycles. The third kappa shape index (κ3) is 3.06. The van der Waals surface area contributed by atoms with E-state index in [4.69, 9.17) is 4.74 Å². The Hall–Kier alpha value is -1.52. The van der Waals surface area contributed by atoms with E-state index in [1.165, 1.54) is 0 Å². The number of aromatic nitrogens is 1. The number of hydrogen-bond donors (Lipinski definition) is 3. The number of aliphatic hydroxyl groups is 1. The molecule has 0 aliphatic carbocycles. The number of benzene rings is 1. The number of aromatic amines is 1. The van der Waals surface area contributed by atoms with Crippen LogP contribution in [0.25, 0.3) is 10.9 Å². The summed E-state index contributed by atoms with van der Waals surface area (Å²) in [5, 5.41) is 15.1. The Labute approximate surface area is 125 Å². The number of aliphatic hydroxyl groups excluding tert-OH is 1. The lowest BCUT2D eigenvalue weighted by atomic mass is 9.88. The normalized spacial score (nSPS) is 18.0. The van der Waals surface area contributed by atoms with Gasteiger partial charge >= 0.3 is 0 Å². The molecule has 3 N–H and O–H groups in total. The minimum atomic E-state index is -0.401. The van der Waals surface area contributed by atoms with E-state index in [1.807, 2.05) is 24.4 Å². The van der Waals surface area contributed by atoms with Crippen molar-refractivity contribution in [2.24, 2.45) is 5.92 Å². The van der Waals surface area contributed by atoms with Gasteiger partial charge in [-0.1, -0.05) is 6.92 Å². The van der Waals surface area contributed by atoms with Crippen molar-refractivity contribution in [2.45, 2.75) is 32.3 Å². The summed E-state index contributed by atoms with van der Waals surface area (Å²) in [6.07, 6.45) is 4.60. The Bertz CT molecular complexity index is 587. The zero-order valence-corrected chi connectivity index (χ0v) is 12.6. The number of ether oxygens (including phenoxy) is 1. The zero-order valence-electron chi connectivity index (χ0n) is 12.6. The van der Waals surface area contributed by atoms with Crippen molar-refractivity contribution in [3.05, 3.63) is 30.0 Å². The lowest BCUT2D eigenvalue weighted by Crippen LogP contribution is -2.30. The third-order valence-corrected chi connectivity index (χ3v) is 4.31. The lowest BCUT2D eigenvalue weighted by molar-refractivity contribution is 0.0902. The van der Waals surface area contributed by atoms with Crippen molar-refractivity contribution >= 4 is 10.9 Å². The second-order valence-corrected chi connectivity index (χ2v) is 5.83. The zero-order chi connectivity index (χ0) is 14.7. The standard InChI is InChI=1S/C17H24N2O2/c1-2-9-21-13-3-4-16-14(10-13)15(11-19-16)17(20)12-5-7-18-8-6-12/h3-4,10-12,17-20H,2,5-9H2,1H3. The van der Waals surface area contributed by atoms with Crippen LogP contribution in [0.5, 0.6) is 5.75 Å². The summed E-state index contributed by atoms with van der Waals surface area (Å²) < 4.78 is 5.71. The van der Waals surface area contributed by atoms with Gasteiger partial charge in [-0.15, -0.1) is 0 Å². The molecule has 1 unspecified atom stereocenters. The van der Waals surface area contributed by atoms with E-state index in [0.717, 1.165) is 61.2 Å². The van der Waals surface area contributed by atoms with Gasteiger partial charge in [0.1, 0.15) is 5.75 Å². The minimum absolute atomic E-state index is 0.338. The van der Waals surface area contributed by atoms with Crippen LogP contribution in [0.3, 0.4) is 0 Å². The molecule has 4 heteroatoms. The molecular weight excluding hydrogens is 264 g/mol. The molecule has 2 heterocycles. The van der Waals surface area contributed by atoms with Gasteiger partial charge in [-0.25, -0.2) is 0 Å². The molecule has 0 radical (unpaired) electrons. The van der Waals surface area contributed by atoms with Gasteiger partial charge in [-0.05, 0) is 56.5 Å². The molecule has 1 aromatic carbocycles. The van der Waals surface area contributed by atoms with Crippen LogP contribution in [-0.2, 0) is 0 Å². The first kappa shape index (κ1) is 14.4. The molecule has 2 aromatic rings. The van der Waals surface area contributed by atoms with Crippen LogP contribution in [0.4, 0.5) is 0 Å². The summed E-state index contributed by atoms with van der Waals surface area (Å²) in [5.74, 6) is 1.22. The summed E-state index contributed by atoms with van der Waals surface area (Å²) in [6, 6.07) is 6.05. The van der Waals surface area contributed by atoms with Gasteiger partial charge in [0.05, 0.1) is 12.7 Å². The molecule has 1 atom stereocenters. The van der Waals surface area contributed by atoms with E-state index in [9.17, 15) is 5.11 Å². The number of rotatable bonds is 5. The van der Waals surface area contributed by atoms with Gasteiger partial charge in [0.2, 0.25) is 0 Å². The number of fused-ring (bicyclic) bond motifs is 1. The van der Waals surface area contributed by atoms with Crippen LogP contribution in [0.2, 0.25) is 0 Å². The molecule has 3 rings (SSSR count). The van der Waals surface area contributed by atoms with Gasteiger partial charge < -0.3 is 20.1 Å².